The first-order chi connectivity index (χ1) is 7.74. The second-order valence-electron chi connectivity index (χ2n) is 3.56. The molecule has 1 aromatic rings. The minimum absolute atomic E-state index is 0.124. The van der Waals surface area contributed by atoms with Crippen LogP contribution in [0.5, 0.6) is 0 Å². The predicted molar refractivity (Wildman–Crippen MR) is 68.7 cm³/mol. The van der Waals surface area contributed by atoms with Gasteiger partial charge in [-0.2, -0.15) is 0 Å². The third kappa shape index (κ3) is 4.59. The molecule has 88 valence electrons. The van der Waals surface area contributed by atoms with Crippen molar-refractivity contribution in [2.24, 2.45) is 0 Å². The van der Waals surface area contributed by atoms with Crippen molar-refractivity contribution in [3.05, 3.63) is 35.0 Å². The second-order valence-corrected chi connectivity index (χ2v) is 4.60. The van der Waals surface area contributed by atoms with Gasteiger partial charge in [0.05, 0.1) is 6.54 Å². The van der Waals surface area contributed by atoms with E-state index in [4.69, 9.17) is 0 Å². The Hall–Kier alpha value is -1.13. The summed E-state index contributed by atoms with van der Waals surface area (Å²) in [7, 11) is 1.84. The van der Waals surface area contributed by atoms with Crippen molar-refractivity contribution in [2.75, 3.05) is 26.7 Å². The average Bonchev–Trinajstić information content (AvgIpc) is 2.79. The lowest BCUT2D eigenvalue weighted by Gasteiger charge is -2.16. The van der Waals surface area contributed by atoms with Gasteiger partial charge in [-0.25, -0.2) is 0 Å². The molecule has 0 radical (unpaired) electrons. The lowest BCUT2D eigenvalue weighted by Crippen LogP contribution is -2.36. The van der Waals surface area contributed by atoms with Crippen molar-refractivity contribution in [2.45, 2.75) is 6.42 Å². The number of carbonyl (C=O) groups is 1. The van der Waals surface area contributed by atoms with Crippen LogP contribution in [0.3, 0.4) is 0 Å². The molecular weight excluding hydrogens is 220 g/mol. The molecule has 16 heavy (non-hydrogen) atoms. The summed E-state index contributed by atoms with van der Waals surface area (Å²) in [5, 5.41) is 5.06. The SMILES string of the molecule is C=CCNCC(=O)N(C)CCc1cccs1. The van der Waals surface area contributed by atoms with Gasteiger partial charge in [0.1, 0.15) is 0 Å². The van der Waals surface area contributed by atoms with Gasteiger partial charge in [-0.05, 0) is 17.9 Å². The van der Waals surface area contributed by atoms with Crippen molar-refractivity contribution in [1.82, 2.24) is 10.2 Å². The molecule has 1 heterocycles. The Morgan fingerprint density at radius 1 is 1.69 bits per heavy atom. The molecule has 1 rings (SSSR count). The lowest BCUT2D eigenvalue weighted by atomic mass is 10.3. The Labute approximate surface area is 101 Å². The number of thiophene rings is 1. The molecule has 0 aromatic carbocycles. The van der Waals surface area contributed by atoms with Crippen molar-refractivity contribution in [1.29, 1.82) is 0 Å². The summed E-state index contributed by atoms with van der Waals surface area (Å²) in [4.78, 5) is 14.7. The summed E-state index contributed by atoms with van der Waals surface area (Å²) < 4.78 is 0. The summed E-state index contributed by atoms with van der Waals surface area (Å²) in [6, 6.07) is 4.13. The van der Waals surface area contributed by atoms with Crippen molar-refractivity contribution in [3.63, 3.8) is 0 Å². The van der Waals surface area contributed by atoms with Crippen molar-refractivity contribution in [3.8, 4) is 0 Å². The molecular formula is C12H18N2OS. The standard InChI is InChI=1S/C12H18N2OS/c1-3-7-13-10-12(15)14(2)8-6-11-5-4-9-16-11/h3-5,9,13H,1,6-8,10H2,2H3. The predicted octanol–water partition coefficient (Wildman–Crippen LogP) is 1.52. The zero-order chi connectivity index (χ0) is 11.8. The van der Waals surface area contributed by atoms with E-state index in [1.165, 1.54) is 4.88 Å². The van der Waals surface area contributed by atoms with Crippen LogP contribution in [0.4, 0.5) is 0 Å². The number of nitrogens with one attached hydrogen (secondary N) is 1. The Balaban J connectivity index is 2.20. The van der Waals surface area contributed by atoms with E-state index in [2.05, 4.69) is 23.3 Å². The molecule has 0 aliphatic carbocycles. The molecule has 0 unspecified atom stereocenters. The van der Waals surface area contributed by atoms with Gasteiger partial charge in [0.15, 0.2) is 0 Å². The largest absolute Gasteiger partial charge is 0.344 e. The maximum Gasteiger partial charge on any atom is 0.236 e. The molecule has 4 heteroatoms. The van der Waals surface area contributed by atoms with Crippen LogP contribution < -0.4 is 5.32 Å². The van der Waals surface area contributed by atoms with E-state index in [1.807, 2.05) is 13.1 Å². The summed E-state index contributed by atoms with van der Waals surface area (Å²) >= 11 is 1.73. The molecule has 0 fully saturated rings. The highest BCUT2D eigenvalue weighted by atomic mass is 32.1. The van der Waals surface area contributed by atoms with Gasteiger partial charge in [0.25, 0.3) is 0 Å². The third-order valence-corrected chi connectivity index (χ3v) is 3.20. The van der Waals surface area contributed by atoms with E-state index in [0.717, 1.165) is 13.0 Å². The highest BCUT2D eigenvalue weighted by molar-refractivity contribution is 7.09. The monoisotopic (exact) mass is 238 g/mol. The van der Waals surface area contributed by atoms with Crippen LogP contribution in [0.25, 0.3) is 0 Å². The van der Waals surface area contributed by atoms with E-state index in [-0.39, 0.29) is 5.91 Å². The topological polar surface area (TPSA) is 32.3 Å². The van der Waals surface area contributed by atoms with Crippen molar-refractivity contribution < 1.29 is 4.79 Å². The molecule has 0 aliphatic rings. The Morgan fingerprint density at radius 3 is 3.12 bits per heavy atom. The highest BCUT2D eigenvalue weighted by Crippen LogP contribution is 2.09. The van der Waals surface area contributed by atoms with Crippen LogP contribution in [0.1, 0.15) is 4.88 Å². The third-order valence-electron chi connectivity index (χ3n) is 2.26. The zero-order valence-corrected chi connectivity index (χ0v) is 10.4. The fourth-order valence-electron chi connectivity index (χ4n) is 1.27. The molecule has 1 amide bonds. The fraction of sp³-hybridized carbons (Fsp3) is 0.417. The normalized spacial score (nSPS) is 10.1. The van der Waals surface area contributed by atoms with E-state index in [1.54, 1.807) is 22.3 Å². The molecule has 0 spiro atoms. The number of amides is 1. The lowest BCUT2D eigenvalue weighted by molar-refractivity contribution is -0.128. The van der Waals surface area contributed by atoms with Gasteiger partial charge < -0.3 is 10.2 Å². The highest BCUT2D eigenvalue weighted by Gasteiger charge is 2.07. The quantitative estimate of drug-likeness (QED) is 0.577. The minimum Gasteiger partial charge on any atom is -0.344 e. The van der Waals surface area contributed by atoms with Crippen molar-refractivity contribution >= 4 is 17.2 Å². The molecule has 0 aliphatic heterocycles. The zero-order valence-electron chi connectivity index (χ0n) is 9.61. The number of likely N-dealkylation sites (N-methyl/N-ethyl adjacent to an activating group) is 1. The van der Waals surface area contributed by atoms with Gasteiger partial charge in [-0.1, -0.05) is 12.1 Å². The van der Waals surface area contributed by atoms with Crippen LogP contribution >= 0.6 is 11.3 Å². The van der Waals surface area contributed by atoms with E-state index in [9.17, 15) is 4.79 Å². The van der Waals surface area contributed by atoms with E-state index in [0.29, 0.717) is 13.1 Å². The average molecular weight is 238 g/mol. The minimum atomic E-state index is 0.124. The van der Waals surface area contributed by atoms with Gasteiger partial charge >= 0.3 is 0 Å². The first kappa shape index (κ1) is 12.9. The fourth-order valence-corrected chi connectivity index (χ4v) is 1.97. The molecule has 1 N–H and O–H groups in total. The van der Waals surface area contributed by atoms with Gasteiger partial charge in [0, 0.05) is 25.0 Å². The van der Waals surface area contributed by atoms with Crippen LogP contribution in [0.2, 0.25) is 0 Å². The second kappa shape index (κ2) is 7.19. The first-order valence-corrected chi connectivity index (χ1v) is 6.20. The van der Waals surface area contributed by atoms with E-state index < -0.39 is 0 Å². The summed E-state index contributed by atoms with van der Waals surface area (Å²) in [5.41, 5.74) is 0. The number of rotatable bonds is 7. The maximum atomic E-state index is 11.6. The Bertz CT molecular complexity index is 322. The van der Waals surface area contributed by atoms with Crippen LogP contribution in [-0.4, -0.2) is 37.5 Å². The molecule has 0 bridgehead atoms. The molecule has 3 nitrogen and oxygen atoms in total. The van der Waals surface area contributed by atoms with Gasteiger partial charge in [-0.15, -0.1) is 17.9 Å². The Morgan fingerprint density at radius 2 is 2.50 bits per heavy atom. The Kier molecular flexibility index (Phi) is 5.82. The van der Waals surface area contributed by atoms with Crippen LogP contribution in [-0.2, 0) is 11.2 Å². The molecule has 0 atom stereocenters. The van der Waals surface area contributed by atoms with Crippen LogP contribution in [0, 0.1) is 0 Å². The van der Waals surface area contributed by atoms with E-state index >= 15 is 0 Å². The summed E-state index contributed by atoms with van der Waals surface area (Å²) in [6.45, 7) is 5.41. The number of carbonyl (C=O) groups excluding carboxylic acids is 1. The number of nitrogens with zero attached hydrogens (tertiary/aromatic N) is 1. The molecule has 1 aromatic heterocycles. The number of hydrogen-bond donors (Lipinski definition) is 1. The molecule has 0 saturated carbocycles. The number of hydrogen-bond acceptors (Lipinski definition) is 3. The summed E-state index contributed by atoms with van der Waals surface area (Å²) in [5.74, 6) is 0.124. The maximum absolute atomic E-state index is 11.6. The van der Waals surface area contributed by atoms with Gasteiger partial charge in [0.2, 0.25) is 5.91 Å². The first-order valence-electron chi connectivity index (χ1n) is 5.32. The van der Waals surface area contributed by atoms with Crippen LogP contribution in [0.15, 0.2) is 30.2 Å². The molecule has 0 saturated heterocycles. The van der Waals surface area contributed by atoms with Gasteiger partial charge in [-0.3, -0.25) is 4.79 Å². The smallest absolute Gasteiger partial charge is 0.236 e. The summed E-state index contributed by atoms with van der Waals surface area (Å²) in [6.07, 6.45) is 2.68.